The summed E-state index contributed by atoms with van der Waals surface area (Å²) in [6.45, 7) is 2.12. The molecule has 0 aromatic heterocycles. The van der Waals surface area contributed by atoms with Gasteiger partial charge in [-0.3, -0.25) is 24.1 Å². The Morgan fingerprint density at radius 3 is 2.14 bits per heavy atom. The summed E-state index contributed by atoms with van der Waals surface area (Å²) in [5.41, 5.74) is -0.210. The van der Waals surface area contributed by atoms with E-state index in [1.54, 1.807) is 36.2 Å². The number of thioether (sulfide) groups is 1. The van der Waals surface area contributed by atoms with Gasteiger partial charge in [-0.2, -0.15) is 0 Å². The summed E-state index contributed by atoms with van der Waals surface area (Å²) in [5.74, 6) is -2.92. The van der Waals surface area contributed by atoms with Crippen LogP contribution in [0.5, 0.6) is 0 Å². The van der Waals surface area contributed by atoms with E-state index in [9.17, 15) is 19.2 Å². The Kier molecular flexibility index (Phi) is 5.63. The molecule has 0 bridgehead atoms. The van der Waals surface area contributed by atoms with Gasteiger partial charge >= 0.3 is 5.97 Å². The predicted molar refractivity (Wildman–Crippen MR) is 137 cm³/mol. The minimum Gasteiger partial charge on any atom is -0.469 e. The zero-order chi connectivity index (χ0) is 25.9. The molecule has 2 fully saturated rings. The highest BCUT2D eigenvalue weighted by molar-refractivity contribution is 8.06. The molecule has 2 spiro atoms. The Balaban J connectivity index is 1.62. The summed E-state index contributed by atoms with van der Waals surface area (Å²) in [4.78, 5) is 60.5. The van der Waals surface area contributed by atoms with Crippen molar-refractivity contribution in [3.8, 4) is 0 Å². The highest BCUT2D eigenvalue weighted by atomic mass is 32.2. The Labute approximate surface area is 218 Å². The molecule has 190 valence electrons. The van der Waals surface area contributed by atoms with E-state index in [2.05, 4.69) is 4.90 Å². The van der Waals surface area contributed by atoms with Gasteiger partial charge in [0.2, 0.25) is 0 Å². The fourth-order valence-corrected chi connectivity index (χ4v) is 8.29. The molecule has 1 aliphatic carbocycles. The Hall–Kier alpha value is -3.27. The molecule has 8 nitrogen and oxygen atoms in total. The first-order chi connectivity index (χ1) is 17.9. The van der Waals surface area contributed by atoms with Crippen LogP contribution in [-0.4, -0.2) is 90.4 Å². The molecule has 6 rings (SSSR count). The van der Waals surface area contributed by atoms with Crippen LogP contribution in [0.15, 0.2) is 59.6 Å². The molecule has 0 unspecified atom stereocenters. The van der Waals surface area contributed by atoms with E-state index < -0.39 is 33.7 Å². The Bertz CT molecular complexity index is 1330. The first kappa shape index (κ1) is 24.1. The number of hydrogen-bond acceptors (Lipinski definition) is 9. The van der Waals surface area contributed by atoms with Gasteiger partial charge in [-0.25, -0.2) is 0 Å². The number of rotatable bonds is 3. The van der Waals surface area contributed by atoms with E-state index in [-0.39, 0.29) is 23.5 Å². The molecule has 2 atom stereocenters. The average Bonchev–Trinajstić information content (AvgIpc) is 3.48. The van der Waals surface area contributed by atoms with Crippen LogP contribution in [0.4, 0.5) is 0 Å². The van der Waals surface area contributed by atoms with Gasteiger partial charge in [0.1, 0.15) is 4.75 Å². The van der Waals surface area contributed by atoms with Crippen LogP contribution >= 0.6 is 11.8 Å². The van der Waals surface area contributed by atoms with E-state index in [1.165, 1.54) is 18.9 Å². The standard InChI is InChI=1S/C28H26N2O6S/c1-29-16-20(26(34)35-2)28(27(29)22(31)18-10-6-7-11-19(18)23(27)32)24(33)21(17-8-4-3-5-9-17)25(37-28)30-12-14-36-15-13-30/h3-11,20H,12-16H2,1-2H3/t20-,28-/m0/s1. The zero-order valence-corrected chi connectivity index (χ0v) is 21.4. The number of nitrogens with zero attached hydrogens (tertiary/aromatic N) is 2. The fraction of sp³-hybridized carbons (Fsp3) is 0.357. The number of carbonyl (C=O) groups is 4. The van der Waals surface area contributed by atoms with Gasteiger partial charge in [0.05, 0.1) is 36.8 Å². The number of hydrogen-bond donors (Lipinski definition) is 0. The lowest BCUT2D eigenvalue weighted by Crippen LogP contribution is -2.67. The van der Waals surface area contributed by atoms with Gasteiger partial charge in [-0.1, -0.05) is 66.4 Å². The normalized spacial score (nSPS) is 27.0. The van der Waals surface area contributed by atoms with Crippen LogP contribution in [-0.2, 0) is 19.1 Å². The molecule has 0 saturated carbocycles. The third-order valence-electron chi connectivity index (χ3n) is 8.01. The molecule has 0 amide bonds. The summed E-state index contributed by atoms with van der Waals surface area (Å²) in [5, 5.41) is 0.666. The van der Waals surface area contributed by atoms with Crippen molar-refractivity contribution in [1.82, 2.24) is 9.80 Å². The van der Waals surface area contributed by atoms with E-state index in [0.717, 1.165) is 0 Å². The van der Waals surface area contributed by atoms with Crippen molar-refractivity contribution in [2.24, 2.45) is 5.92 Å². The van der Waals surface area contributed by atoms with Gasteiger partial charge in [-0.15, -0.1) is 0 Å². The molecule has 2 saturated heterocycles. The summed E-state index contributed by atoms with van der Waals surface area (Å²) in [6.07, 6.45) is 0. The largest absolute Gasteiger partial charge is 0.469 e. The maximum absolute atomic E-state index is 14.9. The van der Waals surface area contributed by atoms with Gasteiger partial charge in [-0.05, 0) is 12.6 Å². The number of methoxy groups -OCH3 is 1. The number of allylic oxidation sites excluding steroid dienone is 1. The second-order valence-electron chi connectivity index (χ2n) is 9.68. The number of carbonyl (C=O) groups excluding carboxylic acids is 4. The van der Waals surface area contributed by atoms with Crippen LogP contribution in [0.3, 0.4) is 0 Å². The van der Waals surface area contributed by atoms with E-state index >= 15 is 0 Å². The van der Waals surface area contributed by atoms with Crippen molar-refractivity contribution in [3.63, 3.8) is 0 Å². The average molecular weight is 519 g/mol. The smallest absolute Gasteiger partial charge is 0.311 e. The van der Waals surface area contributed by atoms with E-state index in [1.807, 2.05) is 30.3 Å². The lowest BCUT2D eigenvalue weighted by molar-refractivity contribution is -0.147. The first-order valence-corrected chi connectivity index (χ1v) is 13.0. The molecule has 0 N–H and O–H groups in total. The summed E-state index contributed by atoms with van der Waals surface area (Å²) >= 11 is 1.18. The molecular formula is C28H26N2O6S. The molecule has 2 aromatic rings. The van der Waals surface area contributed by atoms with Gasteiger partial charge in [0, 0.05) is 30.8 Å². The molecule has 9 heteroatoms. The zero-order valence-electron chi connectivity index (χ0n) is 20.6. The summed E-state index contributed by atoms with van der Waals surface area (Å²) in [7, 11) is 2.92. The van der Waals surface area contributed by atoms with Gasteiger partial charge < -0.3 is 14.4 Å². The maximum atomic E-state index is 14.9. The summed E-state index contributed by atoms with van der Waals surface area (Å²) < 4.78 is 9.02. The monoisotopic (exact) mass is 518 g/mol. The Morgan fingerprint density at radius 2 is 1.54 bits per heavy atom. The van der Waals surface area contributed by atoms with Crippen LogP contribution in [0, 0.1) is 5.92 Å². The lowest BCUT2D eigenvalue weighted by Gasteiger charge is -2.41. The van der Waals surface area contributed by atoms with Gasteiger partial charge in [0.25, 0.3) is 0 Å². The highest BCUT2D eigenvalue weighted by Crippen LogP contribution is 2.64. The second-order valence-corrected chi connectivity index (χ2v) is 10.9. The van der Waals surface area contributed by atoms with E-state index in [4.69, 9.17) is 9.47 Å². The quantitative estimate of drug-likeness (QED) is 0.448. The van der Waals surface area contributed by atoms with Crippen molar-refractivity contribution in [1.29, 1.82) is 0 Å². The topological polar surface area (TPSA) is 93.2 Å². The minimum absolute atomic E-state index is 0.0370. The number of fused-ring (bicyclic) bond motifs is 2. The van der Waals surface area contributed by atoms with Crippen molar-refractivity contribution in [2.45, 2.75) is 10.3 Å². The van der Waals surface area contributed by atoms with Crippen LogP contribution in [0.25, 0.3) is 5.57 Å². The first-order valence-electron chi connectivity index (χ1n) is 12.2. The third-order valence-corrected chi connectivity index (χ3v) is 9.76. The van der Waals surface area contributed by atoms with Crippen molar-refractivity contribution < 1.29 is 28.7 Å². The van der Waals surface area contributed by atoms with Crippen molar-refractivity contribution in [3.05, 3.63) is 76.3 Å². The SMILES string of the molecule is COC(=O)[C@@H]1CN(C)C2(C(=O)c3ccccc3C2=O)[C@]12SC(N1CCOCC1)=C(c1ccccc1)C2=O. The number of esters is 1. The highest BCUT2D eigenvalue weighted by Gasteiger charge is 2.80. The molecule has 3 aliphatic heterocycles. The molecule has 2 aromatic carbocycles. The molecule has 3 heterocycles. The fourth-order valence-electron chi connectivity index (χ4n) is 6.36. The molecule has 4 aliphatic rings. The van der Waals surface area contributed by atoms with Crippen LogP contribution in [0.1, 0.15) is 26.3 Å². The predicted octanol–water partition coefficient (Wildman–Crippen LogP) is 2.29. The lowest BCUT2D eigenvalue weighted by atomic mass is 9.70. The molecule has 0 radical (unpaired) electrons. The number of ether oxygens (including phenoxy) is 2. The third kappa shape index (κ3) is 2.99. The number of morpholine rings is 1. The maximum Gasteiger partial charge on any atom is 0.311 e. The van der Waals surface area contributed by atoms with E-state index in [0.29, 0.717) is 42.5 Å². The number of Topliss-reactive ketones (excluding diaryl/α,β-unsaturated/α-hetero) is 3. The van der Waals surface area contributed by atoms with Gasteiger partial charge in [0.15, 0.2) is 22.9 Å². The van der Waals surface area contributed by atoms with Crippen LogP contribution in [0.2, 0.25) is 0 Å². The molecular weight excluding hydrogens is 492 g/mol. The summed E-state index contributed by atoms with van der Waals surface area (Å²) in [6, 6.07) is 15.9. The number of benzene rings is 2. The number of likely N-dealkylation sites (tertiary alicyclic amines) is 1. The minimum atomic E-state index is -1.87. The van der Waals surface area contributed by atoms with Crippen LogP contribution < -0.4 is 0 Å². The number of ketones is 3. The molecule has 37 heavy (non-hydrogen) atoms. The Morgan fingerprint density at radius 1 is 0.946 bits per heavy atom. The second kappa shape index (κ2) is 8.65. The van der Waals surface area contributed by atoms with Crippen molar-refractivity contribution >= 4 is 40.7 Å². The number of likely N-dealkylation sites (N-methyl/N-ethyl adjacent to an activating group) is 1. The van der Waals surface area contributed by atoms with Crippen molar-refractivity contribution in [2.75, 3.05) is 47.0 Å².